The third-order valence-corrected chi connectivity index (χ3v) is 6.99. The molecule has 0 saturated heterocycles. The molecule has 0 aliphatic rings. The fraction of sp³-hybridized carbons (Fsp3) is 0.250. The van der Waals surface area contributed by atoms with Gasteiger partial charge in [-0.25, -0.2) is 19.3 Å². The highest BCUT2D eigenvalue weighted by atomic mass is 19.1. The molecular formula is C32H32FN9O2. The van der Waals surface area contributed by atoms with Crippen LogP contribution < -0.4 is 10.1 Å². The third kappa shape index (κ3) is 5.97. The summed E-state index contributed by atoms with van der Waals surface area (Å²) in [5, 5.41) is 10.4. The van der Waals surface area contributed by atoms with Gasteiger partial charge in [0.1, 0.15) is 23.7 Å². The Labute approximate surface area is 252 Å². The molecule has 5 heterocycles. The molecular weight excluding hydrogens is 561 g/mol. The number of halogens is 1. The van der Waals surface area contributed by atoms with Crippen molar-refractivity contribution in [2.45, 2.75) is 20.8 Å². The first-order valence-electron chi connectivity index (χ1n) is 14.1. The number of anilines is 1. The van der Waals surface area contributed by atoms with Gasteiger partial charge in [0.2, 0.25) is 5.91 Å². The van der Waals surface area contributed by atoms with Gasteiger partial charge in [-0.15, -0.1) is 0 Å². The maximum atomic E-state index is 14.6. The molecule has 0 unspecified atom stereocenters. The van der Waals surface area contributed by atoms with Crippen molar-refractivity contribution in [1.82, 2.24) is 40.0 Å². The lowest BCUT2D eigenvalue weighted by molar-refractivity contribution is -0.123. The number of nitrogens with one attached hydrogen (secondary N) is 3. The highest BCUT2D eigenvalue weighted by Crippen LogP contribution is 2.33. The first-order valence-corrected chi connectivity index (χ1v) is 14.1. The van der Waals surface area contributed by atoms with Gasteiger partial charge in [0.05, 0.1) is 28.6 Å². The lowest BCUT2D eigenvalue weighted by Gasteiger charge is -2.17. The number of hydrogen-bond donors (Lipinski definition) is 3. The van der Waals surface area contributed by atoms with Crippen LogP contribution in [-0.2, 0) is 4.79 Å². The van der Waals surface area contributed by atoms with Crippen LogP contribution in [-0.4, -0.2) is 73.2 Å². The van der Waals surface area contributed by atoms with Crippen LogP contribution in [0.5, 0.6) is 5.75 Å². The highest BCUT2D eigenvalue weighted by Gasteiger charge is 2.22. The summed E-state index contributed by atoms with van der Waals surface area (Å²) in [7, 11) is 3.90. The Morgan fingerprint density at radius 3 is 2.68 bits per heavy atom. The number of imidazole rings is 1. The molecule has 0 spiro atoms. The topological polar surface area (TPSA) is 138 Å². The van der Waals surface area contributed by atoms with Crippen LogP contribution in [0.1, 0.15) is 20.8 Å². The van der Waals surface area contributed by atoms with Gasteiger partial charge in [-0.3, -0.25) is 14.9 Å². The van der Waals surface area contributed by atoms with Crippen molar-refractivity contribution in [2.75, 3.05) is 32.6 Å². The molecule has 0 radical (unpaired) electrons. The quantitative estimate of drug-likeness (QED) is 0.205. The molecule has 1 amide bonds. The first kappa shape index (κ1) is 28.9. The number of benzene rings is 1. The lowest BCUT2D eigenvalue weighted by Crippen LogP contribution is -2.27. The van der Waals surface area contributed by atoms with Gasteiger partial charge in [0.15, 0.2) is 17.2 Å². The van der Waals surface area contributed by atoms with Crippen molar-refractivity contribution >= 4 is 33.8 Å². The van der Waals surface area contributed by atoms with Gasteiger partial charge < -0.3 is 19.9 Å². The molecule has 5 aromatic heterocycles. The summed E-state index contributed by atoms with van der Waals surface area (Å²) in [5.41, 5.74) is 5.66. The second-order valence-electron chi connectivity index (χ2n) is 11.8. The Hall–Kier alpha value is -5.23. The van der Waals surface area contributed by atoms with E-state index in [0.717, 1.165) is 11.1 Å². The number of amides is 1. The molecule has 3 N–H and O–H groups in total. The lowest BCUT2D eigenvalue weighted by atomic mass is 9.95. The van der Waals surface area contributed by atoms with Gasteiger partial charge in [-0.1, -0.05) is 20.8 Å². The largest absolute Gasteiger partial charge is 0.492 e. The van der Waals surface area contributed by atoms with E-state index in [1.807, 2.05) is 58.0 Å². The molecule has 0 aliphatic heterocycles. The van der Waals surface area contributed by atoms with Crippen LogP contribution in [0.25, 0.3) is 56.1 Å². The summed E-state index contributed by atoms with van der Waals surface area (Å²) in [6.45, 7) is 6.69. The van der Waals surface area contributed by atoms with E-state index in [2.05, 4.69) is 30.5 Å². The summed E-state index contributed by atoms with van der Waals surface area (Å²) >= 11 is 0. The number of ether oxygens (including phenoxy) is 1. The van der Waals surface area contributed by atoms with Crippen molar-refractivity contribution in [1.29, 1.82) is 0 Å². The van der Waals surface area contributed by atoms with Crippen molar-refractivity contribution in [2.24, 2.45) is 5.41 Å². The number of fused-ring (bicyclic) bond motifs is 2. The summed E-state index contributed by atoms with van der Waals surface area (Å²) in [4.78, 5) is 36.1. The van der Waals surface area contributed by atoms with Crippen LogP contribution in [0.15, 0.2) is 61.1 Å². The van der Waals surface area contributed by atoms with E-state index < -0.39 is 11.2 Å². The average molecular weight is 594 g/mol. The fourth-order valence-electron chi connectivity index (χ4n) is 4.60. The van der Waals surface area contributed by atoms with Crippen LogP contribution >= 0.6 is 0 Å². The maximum Gasteiger partial charge on any atom is 0.229 e. The van der Waals surface area contributed by atoms with Gasteiger partial charge in [-0.05, 0) is 56.1 Å². The molecule has 0 saturated carbocycles. The molecule has 6 aromatic rings. The third-order valence-electron chi connectivity index (χ3n) is 6.99. The highest BCUT2D eigenvalue weighted by molar-refractivity contribution is 5.96. The van der Waals surface area contributed by atoms with E-state index in [0.29, 0.717) is 69.6 Å². The molecule has 0 atom stereocenters. The molecule has 224 valence electrons. The molecule has 0 aliphatic carbocycles. The minimum absolute atomic E-state index is 0.110. The van der Waals surface area contributed by atoms with Gasteiger partial charge in [-0.2, -0.15) is 5.10 Å². The van der Waals surface area contributed by atoms with E-state index in [9.17, 15) is 9.18 Å². The van der Waals surface area contributed by atoms with E-state index in [4.69, 9.17) is 14.7 Å². The zero-order valence-corrected chi connectivity index (χ0v) is 25.1. The van der Waals surface area contributed by atoms with E-state index in [1.165, 1.54) is 12.1 Å². The first-order chi connectivity index (χ1) is 21.0. The summed E-state index contributed by atoms with van der Waals surface area (Å²) in [6.07, 6.45) is 4.93. The minimum Gasteiger partial charge on any atom is -0.492 e. The molecule has 44 heavy (non-hydrogen) atoms. The summed E-state index contributed by atoms with van der Waals surface area (Å²) in [5.74, 6) is 0.386. The minimum atomic E-state index is -0.545. The van der Waals surface area contributed by atoms with Gasteiger partial charge >= 0.3 is 0 Å². The molecule has 11 nitrogen and oxygen atoms in total. The van der Waals surface area contributed by atoms with Gasteiger partial charge in [0.25, 0.3) is 0 Å². The number of aromatic nitrogens is 7. The summed E-state index contributed by atoms with van der Waals surface area (Å²) < 4.78 is 20.4. The number of likely N-dealkylation sites (N-methyl/N-ethyl adjacent to an activating group) is 1. The number of hydrogen-bond acceptors (Lipinski definition) is 8. The normalized spacial score (nSPS) is 11.9. The fourth-order valence-corrected chi connectivity index (χ4v) is 4.60. The summed E-state index contributed by atoms with van der Waals surface area (Å²) in [6, 6.07) is 12.0. The molecule has 6 rings (SSSR count). The van der Waals surface area contributed by atoms with Crippen molar-refractivity contribution in [3.05, 3.63) is 66.9 Å². The van der Waals surface area contributed by atoms with Gasteiger partial charge in [0, 0.05) is 41.5 Å². The van der Waals surface area contributed by atoms with Crippen LogP contribution in [0.2, 0.25) is 0 Å². The van der Waals surface area contributed by atoms with Crippen molar-refractivity contribution < 1.29 is 13.9 Å². The predicted octanol–water partition coefficient (Wildman–Crippen LogP) is 5.69. The number of aromatic amines is 2. The zero-order chi connectivity index (χ0) is 31.0. The Balaban J connectivity index is 1.35. The number of carbonyl (C=O) groups is 1. The van der Waals surface area contributed by atoms with E-state index in [-0.39, 0.29) is 5.91 Å². The smallest absolute Gasteiger partial charge is 0.229 e. The monoisotopic (exact) mass is 593 g/mol. The van der Waals surface area contributed by atoms with Crippen molar-refractivity contribution in [3.8, 4) is 39.7 Å². The SMILES string of the molecule is CN(C)CCOc1cc(F)cc(-c2ccnc3nc(-c4n[nH]c5ccc(-c6cncc(NC(=O)C(C)(C)C)c6)nc45)[nH]c23)c1. The molecule has 0 bridgehead atoms. The zero-order valence-electron chi connectivity index (χ0n) is 25.1. The van der Waals surface area contributed by atoms with Crippen molar-refractivity contribution in [3.63, 3.8) is 0 Å². The molecule has 1 aromatic carbocycles. The Morgan fingerprint density at radius 1 is 1.05 bits per heavy atom. The van der Waals surface area contributed by atoms with E-state index in [1.54, 1.807) is 30.7 Å². The number of nitrogens with zero attached hydrogens (tertiary/aromatic N) is 6. The number of pyridine rings is 3. The van der Waals surface area contributed by atoms with Crippen LogP contribution in [0, 0.1) is 11.2 Å². The standard InChI is InChI=1S/C32H32FN9O2/c1-32(2,3)31(43)36-21-13-19(16-34-17-21)24-6-7-25-27(37-24)28(41-40-25)30-38-26-23(8-9-35-29(26)39-30)18-12-20(33)15-22(14-18)44-11-10-42(4)5/h6-9,12-17H,10-11H2,1-5H3,(H,36,43)(H,40,41)(H,35,38,39). The predicted molar refractivity (Wildman–Crippen MR) is 168 cm³/mol. The second kappa shape index (κ2) is 11.5. The second-order valence-corrected chi connectivity index (χ2v) is 11.8. The molecule has 0 fully saturated rings. The molecule has 12 heteroatoms. The number of carbonyl (C=O) groups excluding carboxylic acids is 1. The maximum absolute atomic E-state index is 14.6. The van der Waals surface area contributed by atoms with E-state index >= 15 is 0 Å². The Kier molecular flexibility index (Phi) is 7.52. The Morgan fingerprint density at radius 2 is 1.89 bits per heavy atom. The van der Waals surface area contributed by atoms with Crippen LogP contribution in [0.3, 0.4) is 0 Å². The Bertz CT molecular complexity index is 1990. The average Bonchev–Trinajstić information content (AvgIpc) is 3.60. The number of rotatable bonds is 8. The number of H-pyrrole nitrogens is 2. The van der Waals surface area contributed by atoms with Crippen LogP contribution in [0.4, 0.5) is 10.1 Å².